The number of benzene rings is 2. The second-order valence-electron chi connectivity index (χ2n) is 6.83. The van der Waals surface area contributed by atoms with Gasteiger partial charge in [0.25, 0.3) is 0 Å². The number of hydrogen-bond donors (Lipinski definition) is 3. The molecular formula is C20H26N3O+. The molecule has 0 saturated carbocycles. The van der Waals surface area contributed by atoms with Gasteiger partial charge in [0, 0.05) is 30.5 Å². The molecule has 1 saturated heterocycles. The molecule has 0 spiro atoms. The Hall–Kier alpha value is -2.33. The molecule has 0 unspecified atom stereocenters. The lowest BCUT2D eigenvalue weighted by Gasteiger charge is -2.40. The number of hydrogen-bond acceptors (Lipinski definition) is 2. The molecule has 4 heteroatoms. The molecule has 1 fully saturated rings. The van der Waals surface area contributed by atoms with Gasteiger partial charge in [0.1, 0.15) is 6.54 Å². The number of quaternary nitrogens is 1. The van der Waals surface area contributed by atoms with Crippen LogP contribution >= 0.6 is 0 Å². The van der Waals surface area contributed by atoms with Gasteiger partial charge < -0.3 is 16.0 Å². The van der Waals surface area contributed by atoms with Crippen LogP contribution in [0.15, 0.2) is 60.7 Å². The van der Waals surface area contributed by atoms with Crippen LogP contribution in [-0.2, 0) is 11.3 Å². The van der Waals surface area contributed by atoms with E-state index in [0.717, 1.165) is 38.2 Å². The maximum atomic E-state index is 11.6. The van der Waals surface area contributed by atoms with Crippen molar-refractivity contribution in [2.24, 2.45) is 5.73 Å². The first kappa shape index (κ1) is 16.5. The van der Waals surface area contributed by atoms with Gasteiger partial charge in [-0.2, -0.15) is 0 Å². The molecule has 4 N–H and O–H groups in total. The molecule has 126 valence electrons. The Bertz CT molecular complexity index is 649. The van der Waals surface area contributed by atoms with Crippen molar-refractivity contribution in [3.63, 3.8) is 0 Å². The van der Waals surface area contributed by atoms with E-state index in [1.165, 1.54) is 5.56 Å². The lowest BCUT2D eigenvalue weighted by molar-refractivity contribution is -0.919. The summed E-state index contributed by atoms with van der Waals surface area (Å²) in [5.74, 6) is -0.232. The standard InChI is InChI=1S/C20H25N3O/c21-19(24)15-20(22-18-9-5-2-6-10-18)11-13-23(14-12-20)16-17-7-3-1-4-8-17/h1-10,22H,11-16H2,(H2,21,24)/p+1. The molecule has 2 aromatic carbocycles. The van der Waals surface area contributed by atoms with Gasteiger partial charge in [0.15, 0.2) is 0 Å². The summed E-state index contributed by atoms with van der Waals surface area (Å²) in [5.41, 5.74) is 7.75. The van der Waals surface area contributed by atoms with Crippen molar-refractivity contribution in [3.05, 3.63) is 66.2 Å². The second-order valence-corrected chi connectivity index (χ2v) is 6.83. The fourth-order valence-corrected chi connectivity index (χ4v) is 3.65. The van der Waals surface area contributed by atoms with E-state index >= 15 is 0 Å². The van der Waals surface area contributed by atoms with Crippen LogP contribution in [0.4, 0.5) is 5.69 Å². The van der Waals surface area contributed by atoms with Gasteiger partial charge in [-0.3, -0.25) is 4.79 Å². The number of rotatable bonds is 6. The number of primary amides is 1. The summed E-state index contributed by atoms with van der Waals surface area (Å²) in [5, 5.41) is 3.60. The molecule has 0 aliphatic carbocycles. The Morgan fingerprint density at radius 2 is 1.58 bits per heavy atom. The minimum Gasteiger partial charge on any atom is -0.379 e. The van der Waals surface area contributed by atoms with Crippen molar-refractivity contribution in [1.29, 1.82) is 0 Å². The van der Waals surface area contributed by atoms with Crippen molar-refractivity contribution in [2.45, 2.75) is 31.3 Å². The smallest absolute Gasteiger partial charge is 0.219 e. The molecule has 0 atom stereocenters. The zero-order valence-electron chi connectivity index (χ0n) is 14.0. The number of anilines is 1. The van der Waals surface area contributed by atoms with Crippen LogP contribution in [0.2, 0.25) is 0 Å². The Balaban J connectivity index is 1.65. The minimum absolute atomic E-state index is 0.215. The fourth-order valence-electron chi connectivity index (χ4n) is 3.65. The van der Waals surface area contributed by atoms with E-state index in [1.807, 2.05) is 30.3 Å². The van der Waals surface area contributed by atoms with Crippen LogP contribution in [0.5, 0.6) is 0 Å². The van der Waals surface area contributed by atoms with Crippen LogP contribution in [0.3, 0.4) is 0 Å². The first-order valence-electron chi connectivity index (χ1n) is 8.64. The molecule has 1 heterocycles. The minimum atomic E-state index is -0.232. The third-order valence-electron chi connectivity index (χ3n) is 4.91. The number of amides is 1. The summed E-state index contributed by atoms with van der Waals surface area (Å²) in [6.45, 7) is 3.13. The summed E-state index contributed by atoms with van der Waals surface area (Å²) >= 11 is 0. The van der Waals surface area contributed by atoms with Crippen LogP contribution < -0.4 is 16.0 Å². The molecule has 3 rings (SSSR count). The number of carbonyl (C=O) groups is 1. The molecule has 0 aromatic heterocycles. The molecule has 1 aliphatic heterocycles. The summed E-state index contributed by atoms with van der Waals surface area (Å²) < 4.78 is 0. The van der Waals surface area contributed by atoms with Crippen LogP contribution in [0, 0.1) is 0 Å². The van der Waals surface area contributed by atoms with Crippen LogP contribution in [-0.4, -0.2) is 24.5 Å². The second kappa shape index (κ2) is 7.49. The largest absolute Gasteiger partial charge is 0.379 e. The van der Waals surface area contributed by atoms with E-state index in [1.54, 1.807) is 4.90 Å². The number of carbonyl (C=O) groups excluding carboxylic acids is 1. The van der Waals surface area contributed by atoms with E-state index in [2.05, 4.69) is 35.6 Å². The predicted molar refractivity (Wildman–Crippen MR) is 96.7 cm³/mol. The summed E-state index contributed by atoms with van der Waals surface area (Å²) in [7, 11) is 0. The Morgan fingerprint density at radius 3 is 2.17 bits per heavy atom. The summed E-state index contributed by atoms with van der Waals surface area (Å²) in [6, 6.07) is 20.7. The van der Waals surface area contributed by atoms with Gasteiger partial charge in [-0.05, 0) is 12.1 Å². The van der Waals surface area contributed by atoms with E-state index in [-0.39, 0.29) is 11.4 Å². The number of piperidine rings is 1. The molecule has 1 aliphatic rings. The first-order valence-corrected chi connectivity index (χ1v) is 8.64. The van der Waals surface area contributed by atoms with E-state index in [0.29, 0.717) is 6.42 Å². The topological polar surface area (TPSA) is 59.6 Å². The maximum Gasteiger partial charge on any atom is 0.219 e. The third-order valence-corrected chi connectivity index (χ3v) is 4.91. The Labute approximate surface area is 143 Å². The molecular weight excluding hydrogens is 298 g/mol. The van der Waals surface area contributed by atoms with E-state index < -0.39 is 0 Å². The van der Waals surface area contributed by atoms with E-state index in [4.69, 9.17) is 5.73 Å². The zero-order valence-corrected chi connectivity index (χ0v) is 14.0. The highest BCUT2D eigenvalue weighted by Crippen LogP contribution is 2.26. The van der Waals surface area contributed by atoms with Gasteiger partial charge in [-0.1, -0.05) is 48.5 Å². The predicted octanol–water partition coefficient (Wildman–Crippen LogP) is 1.59. The van der Waals surface area contributed by atoms with Gasteiger partial charge in [0.05, 0.1) is 18.6 Å². The van der Waals surface area contributed by atoms with Gasteiger partial charge in [-0.25, -0.2) is 0 Å². The van der Waals surface area contributed by atoms with Crippen molar-refractivity contribution < 1.29 is 9.69 Å². The zero-order chi connectivity index (χ0) is 16.8. The van der Waals surface area contributed by atoms with Gasteiger partial charge >= 0.3 is 0 Å². The van der Waals surface area contributed by atoms with Crippen LogP contribution in [0.25, 0.3) is 0 Å². The number of nitrogens with one attached hydrogen (secondary N) is 2. The highest BCUT2D eigenvalue weighted by molar-refractivity contribution is 5.76. The van der Waals surface area contributed by atoms with Crippen molar-refractivity contribution >= 4 is 11.6 Å². The normalized spacial score (nSPS) is 23.6. The van der Waals surface area contributed by atoms with Gasteiger partial charge in [0.2, 0.25) is 5.91 Å². The highest BCUT2D eigenvalue weighted by atomic mass is 16.1. The maximum absolute atomic E-state index is 11.6. The van der Waals surface area contributed by atoms with Crippen LogP contribution in [0.1, 0.15) is 24.8 Å². The number of para-hydroxylation sites is 1. The monoisotopic (exact) mass is 324 g/mol. The average molecular weight is 324 g/mol. The Morgan fingerprint density at radius 1 is 1.00 bits per heavy atom. The average Bonchev–Trinajstić information content (AvgIpc) is 2.58. The quantitative estimate of drug-likeness (QED) is 0.756. The van der Waals surface area contributed by atoms with Crippen molar-refractivity contribution in [3.8, 4) is 0 Å². The van der Waals surface area contributed by atoms with Crippen molar-refractivity contribution in [2.75, 3.05) is 18.4 Å². The summed E-state index contributed by atoms with van der Waals surface area (Å²) in [6.07, 6.45) is 2.29. The Kier molecular flexibility index (Phi) is 5.16. The molecule has 2 aromatic rings. The number of nitrogens with two attached hydrogens (primary N) is 1. The number of likely N-dealkylation sites (tertiary alicyclic amines) is 1. The van der Waals surface area contributed by atoms with E-state index in [9.17, 15) is 4.79 Å². The highest BCUT2D eigenvalue weighted by Gasteiger charge is 2.38. The molecule has 4 nitrogen and oxygen atoms in total. The molecule has 24 heavy (non-hydrogen) atoms. The third kappa shape index (κ3) is 4.36. The SMILES string of the molecule is NC(=O)CC1(Nc2ccccc2)CC[NH+](Cc2ccccc2)CC1. The van der Waals surface area contributed by atoms with Crippen molar-refractivity contribution in [1.82, 2.24) is 0 Å². The molecule has 0 bridgehead atoms. The first-order chi connectivity index (χ1) is 11.7. The lowest BCUT2D eigenvalue weighted by atomic mass is 9.83. The molecule has 1 amide bonds. The fraction of sp³-hybridized carbons (Fsp3) is 0.350. The lowest BCUT2D eigenvalue weighted by Crippen LogP contribution is -3.12. The summed E-state index contributed by atoms with van der Waals surface area (Å²) in [4.78, 5) is 13.2. The van der Waals surface area contributed by atoms with Gasteiger partial charge in [-0.15, -0.1) is 0 Å². The molecule has 0 radical (unpaired) electrons.